The molecule has 1 aliphatic carbocycles. The Bertz CT molecular complexity index is 1530. The summed E-state index contributed by atoms with van der Waals surface area (Å²) in [6.45, 7) is 7.83. The molecule has 12 heteroatoms. The second-order valence-electron chi connectivity index (χ2n) is 17.0. The van der Waals surface area contributed by atoms with Crippen LogP contribution in [0.15, 0.2) is 36.4 Å². The van der Waals surface area contributed by atoms with E-state index in [1.165, 1.54) is 96.3 Å². The van der Waals surface area contributed by atoms with E-state index in [-0.39, 0.29) is 30.2 Å². The topological polar surface area (TPSA) is 165 Å². The molecule has 12 nitrogen and oxygen atoms in total. The molecule has 0 unspecified atom stereocenters. The molecule has 0 aliphatic heterocycles. The van der Waals surface area contributed by atoms with E-state index in [1.54, 1.807) is 12.1 Å². The lowest BCUT2D eigenvalue weighted by molar-refractivity contribution is 0.244. The number of hydrogen-bond acceptors (Lipinski definition) is 4. The molecule has 0 aromatic heterocycles. The smallest absolute Gasteiger partial charge is 0.319 e. The first-order chi connectivity index (χ1) is 29.2. The molecule has 0 heterocycles. The van der Waals surface area contributed by atoms with Gasteiger partial charge in [0.15, 0.2) is 0 Å². The summed E-state index contributed by atoms with van der Waals surface area (Å²) in [7, 11) is 0. The van der Waals surface area contributed by atoms with Crippen molar-refractivity contribution in [2.75, 3.05) is 40.9 Å². The van der Waals surface area contributed by atoms with Gasteiger partial charge in [0.2, 0.25) is 0 Å². The number of unbranched alkanes of at least 4 members (excludes halogenated alkanes) is 18. The summed E-state index contributed by atoms with van der Waals surface area (Å²) in [5.41, 5.74) is 4.35. The maximum atomic E-state index is 12.6. The Morgan fingerprint density at radius 2 is 0.717 bits per heavy atom. The fourth-order valence-corrected chi connectivity index (χ4v) is 7.86. The van der Waals surface area contributed by atoms with E-state index in [0.717, 1.165) is 75.3 Å². The fraction of sp³-hybridized carbons (Fsp3) is 0.667. The van der Waals surface area contributed by atoms with E-state index in [0.29, 0.717) is 42.4 Å². The zero-order valence-corrected chi connectivity index (χ0v) is 37.5. The van der Waals surface area contributed by atoms with Gasteiger partial charge in [-0.25, -0.2) is 19.2 Å². The molecule has 0 saturated heterocycles. The zero-order valence-electron chi connectivity index (χ0n) is 37.5. The van der Waals surface area contributed by atoms with Crippen LogP contribution in [0.1, 0.15) is 179 Å². The molecule has 0 spiro atoms. The normalized spacial score (nSPS) is 12.7. The standard InChI is InChI=1S/C48H80N8O4/c1-4-5-6-7-8-9-10-11-12-13-14-15-16-17-18-24-29-49-45(57)53-41-32-38(2)33-42(36-41)54-46(58)50-30-25-19-20-26-31-51-47(59)55-43-34-39(3)35-44(37-43)56-48(60)52-40-27-22-21-23-28-40/h32-37,40H,4-31H2,1-3H3,(H2,49,53,57)(H2,50,54,58)(H2,51,55,59)(H2,52,56,60). The number of hydrogen-bond donors (Lipinski definition) is 8. The molecule has 2 aromatic rings. The van der Waals surface area contributed by atoms with Gasteiger partial charge in [-0.15, -0.1) is 0 Å². The van der Waals surface area contributed by atoms with Crippen LogP contribution in [-0.4, -0.2) is 49.8 Å². The molecule has 336 valence electrons. The third kappa shape index (κ3) is 24.6. The molecule has 8 amide bonds. The summed E-state index contributed by atoms with van der Waals surface area (Å²) in [5.74, 6) is 0. The highest BCUT2D eigenvalue weighted by molar-refractivity contribution is 5.94. The summed E-state index contributed by atoms with van der Waals surface area (Å²) in [6, 6.07) is 10.2. The number of anilines is 4. The summed E-state index contributed by atoms with van der Waals surface area (Å²) in [6.07, 6.45) is 30.2. The van der Waals surface area contributed by atoms with Crippen molar-refractivity contribution in [2.45, 2.75) is 187 Å². The lowest BCUT2D eigenvalue weighted by atomic mass is 9.96. The Labute approximate surface area is 362 Å². The molecule has 1 fully saturated rings. The Kier molecular flexibility index (Phi) is 26.1. The van der Waals surface area contributed by atoms with E-state index in [2.05, 4.69) is 49.5 Å². The van der Waals surface area contributed by atoms with Crippen molar-refractivity contribution in [3.63, 3.8) is 0 Å². The predicted molar refractivity (Wildman–Crippen MR) is 250 cm³/mol. The van der Waals surface area contributed by atoms with Gasteiger partial charge in [-0.3, -0.25) is 0 Å². The van der Waals surface area contributed by atoms with Gasteiger partial charge < -0.3 is 42.5 Å². The zero-order chi connectivity index (χ0) is 43.0. The van der Waals surface area contributed by atoms with Crippen LogP contribution in [0.5, 0.6) is 0 Å². The number of aryl methyl sites for hydroxylation is 2. The lowest BCUT2D eigenvalue weighted by Gasteiger charge is -2.23. The third-order valence-corrected chi connectivity index (χ3v) is 11.1. The molecule has 2 aromatic carbocycles. The largest absolute Gasteiger partial charge is 0.338 e. The Morgan fingerprint density at radius 1 is 0.417 bits per heavy atom. The van der Waals surface area contributed by atoms with Crippen LogP contribution in [0.4, 0.5) is 41.9 Å². The second-order valence-corrected chi connectivity index (χ2v) is 17.0. The van der Waals surface area contributed by atoms with Crippen LogP contribution < -0.4 is 42.5 Å². The van der Waals surface area contributed by atoms with Gasteiger partial charge in [0, 0.05) is 48.4 Å². The van der Waals surface area contributed by atoms with Gasteiger partial charge >= 0.3 is 24.1 Å². The molecule has 1 saturated carbocycles. The first-order valence-electron chi connectivity index (χ1n) is 23.7. The van der Waals surface area contributed by atoms with Crippen LogP contribution in [0.2, 0.25) is 0 Å². The van der Waals surface area contributed by atoms with E-state index in [1.807, 2.05) is 38.1 Å². The predicted octanol–water partition coefficient (Wildman–Crippen LogP) is 12.6. The van der Waals surface area contributed by atoms with Crippen LogP contribution in [0.25, 0.3) is 0 Å². The Hall–Kier alpha value is -4.48. The van der Waals surface area contributed by atoms with Crippen molar-refractivity contribution in [3.05, 3.63) is 47.5 Å². The minimum Gasteiger partial charge on any atom is -0.338 e. The minimum absolute atomic E-state index is 0.217. The van der Waals surface area contributed by atoms with Gasteiger partial charge in [0.1, 0.15) is 0 Å². The maximum Gasteiger partial charge on any atom is 0.319 e. The number of urea groups is 4. The van der Waals surface area contributed by atoms with Crippen molar-refractivity contribution >= 4 is 46.9 Å². The maximum absolute atomic E-state index is 12.6. The number of benzene rings is 2. The van der Waals surface area contributed by atoms with Gasteiger partial charge in [0.25, 0.3) is 0 Å². The summed E-state index contributed by atoms with van der Waals surface area (Å²) >= 11 is 0. The third-order valence-electron chi connectivity index (χ3n) is 11.1. The first-order valence-corrected chi connectivity index (χ1v) is 23.7. The molecule has 60 heavy (non-hydrogen) atoms. The average molecular weight is 833 g/mol. The number of amides is 8. The van der Waals surface area contributed by atoms with Crippen molar-refractivity contribution in [3.8, 4) is 0 Å². The molecule has 8 N–H and O–H groups in total. The first kappa shape index (κ1) is 49.9. The Morgan fingerprint density at radius 3 is 1.05 bits per heavy atom. The quantitative estimate of drug-likeness (QED) is 0.0383. The van der Waals surface area contributed by atoms with E-state index >= 15 is 0 Å². The molecule has 0 bridgehead atoms. The number of rotatable bonds is 29. The average Bonchev–Trinajstić information content (AvgIpc) is 3.20. The molecule has 0 atom stereocenters. The minimum atomic E-state index is -0.294. The van der Waals surface area contributed by atoms with Gasteiger partial charge in [-0.2, -0.15) is 0 Å². The second kappa shape index (κ2) is 31.4. The summed E-state index contributed by atoms with van der Waals surface area (Å²) < 4.78 is 0. The van der Waals surface area contributed by atoms with Crippen molar-refractivity contribution in [1.82, 2.24) is 21.3 Å². The monoisotopic (exact) mass is 833 g/mol. The SMILES string of the molecule is CCCCCCCCCCCCCCCCCCNC(=O)Nc1cc(C)cc(NC(=O)NCCCCCCNC(=O)Nc2cc(C)cc(NC(=O)NC3CCCCC3)c2)c1. The lowest BCUT2D eigenvalue weighted by Crippen LogP contribution is -2.39. The summed E-state index contributed by atoms with van der Waals surface area (Å²) in [5, 5.41) is 23.4. The molecule has 0 radical (unpaired) electrons. The van der Waals surface area contributed by atoms with Crippen molar-refractivity contribution in [2.24, 2.45) is 0 Å². The highest BCUT2D eigenvalue weighted by Crippen LogP contribution is 2.21. The molecular formula is C48H80N8O4. The van der Waals surface area contributed by atoms with E-state index in [4.69, 9.17) is 0 Å². The number of nitrogens with one attached hydrogen (secondary N) is 8. The fourth-order valence-electron chi connectivity index (χ4n) is 7.86. The molecular weight excluding hydrogens is 753 g/mol. The van der Waals surface area contributed by atoms with Crippen molar-refractivity contribution < 1.29 is 19.2 Å². The molecule has 3 rings (SSSR count). The van der Waals surface area contributed by atoms with Crippen LogP contribution in [0, 0.1) is 13.8 Å². The molecule has 1 aliphatic rings. The highest BCUT2D eigenvalue weighted by Gasteiger charge is 2.16. The Balaban J connectivity index is 1.16. The van der Waals surface area contributed by atoms with E-state index < -0.39 is 0 Å². The van der Waals surface area contributed by atoms with Crippen LogP contribution >= 0.6 is 0 Å². The summed E-state index contributed by atoms with van der Waals surface area (Å²) in [4.78, 5) is 50.1. The number of carbonyl (C=O) groups is 4. The van der Waals surface area contributed by atoms with Crippen LogP contribution in [0.3, 0.4) is 0 Å². The van der Waals surface area contributed by atoms with Crippen LogP contribution in [-0.2, 0) is 0 Å². The van der Waals surface area contributed by atoms with E-state index in [9.17, 15) is 19.2 Å². The number of carbonyl (C=O) groups excluding carboxylic acids is 4. The van der Waals surface area contributed by atoms with Gasteiger partial charge in [0.05, 0.1) is 0 Å². The van der Waals surface area contributed by atoms with Gasteiger partial charge in [-0.05, 0) is 93.5 Å². The van der Waals surface area contributed by atoms with Gasteiger partial charge in [-0.1, -0.05) is 135 Å². The highest BCUT2D eigenvalue weighted by atomic mass is 16.2. The van der Waals surface area contributed by atoms with Crippen molar-refractivity contribution in [1.29, 1.82) is 0 Å².